The number of aliphatic hydroxyl groups is 2. The van der Waals surface area contributed by atoms with Crippen molar-refractivity contribution in [2.45, 2.75) is 51.0 Å². The van der Waals surface area contributed by atoms with E-state index in [0.29, 0.717) is 16.6 Å². The number of rotatable bonds is 6. The Balaban J connectivity index is 1.47. The minimum absolute atomic E-state index is 0.0530. The highest BCUT2D eigenvalue weighted by molar-refractivity contribution is 6.06. The van der Waals surface area contributed by atoms with E-state index in [0.717, 1.165) is 10.9 Å². The average Bonchev–Trinajstić information content (AvgIpc) is 3.34. The summed E-state index contributed by atoms with van der Waals surface area (Å²) in [5, 5.41) is 25.2. The van der Waals surface area contributed by atoms with Crippen LogP contribution < -0.4 is 20.4 Å². The Labute approximate surface area is 223 Å². The second-order valence-corrected chi connectivity index (χ2v) is 9.97. The van der Waals surface area contributed by atoms with Crippen molar-refractivity contribution in [1.82, 2.24) is 4.98 Å². The minimum Gasteiger partial charge on any atom is -0.493 e. The number of aromatic nitrogens is 1. The van der Waals surface area contributed by atoms with Crippen LogP contribution in [0.5, 0.6) is 11.5 Å². The number of hydrogen-bond acceptors (Lipinski definition) is 9. The fourth-order valence-corrected chi connectivity index (χ4v) is 4.97. The van der Waals surface area contributed by atoms with E-state index >= 15 is 0 Å². The van der Waals surface area contributed by atoms with Crippen LogP contribution in [0.3, 0.4) is 0 Å². The Kier molecular flexibility index (Phi) is 6.85. The van der Waals surface area contributed by atoms with Crippen LogP contribution in [-0.2, 0) is 9.47 Å². The molecule has 2 aromatic heterocycles. The van der Waals surface area contributed by atoms with Crippen molar-refractivity contribution >= 4 is 33.5 Å². The second kappa shape index (κ2) is 10.0. The van der Waals surface area contributed by atoms with Crippen LogP contribution in [-0.4, -0.2) is 65.5 Å². The number of carbonyl (C=O) groups excluding carboxylic acids is 1. The Hall–Kier alpha value is -3.90. The monoisotopic (exact) mass is 538 g/mol. The number of para-hydroxylation sites is 1. The number of hydrogen-bond donors (Lipinski definition) is 4. The number of fused-ring (bicyclic) bond motifs is 2. The van der Waals surface area contributed by atoms with E-state index < -0.39 is 41.7 Å². The van der Waals surface area contributed by atoms with E-state index in [1.807, 2.05) is 24.3 Å². The Bertz CT molecular complexity index is 1570. The Morgan fingerprint density at radius 3 is 2.51 bits per heavy atom. The molecule has 1 amide bonds. The number of H-pyrrole nitrogens is 1. The van der Waals surface area contributed by atoms with Crippen LogP contribution >= 0.6 is 0 Å². The molecule has 1 fully saturated rings. The second-order valence-electron chi connectivity index (χ2n) is 9.97. The summed E-state index contributed by atoms with van der Waals surface area (Å²) in [6.45, 7) is 5.07. The quantitative estimate of drug-likeness (QED) is 0.271. The average molecular weight is 539 g/mol. The SMILES string of the molecule is COc1cc2cc(NC(=O)c3cc4ccccc4[nH]3)c(=O)oc2c(C)c1O[C@@H]1OC(C)(C)[C@H](OC)[C@@H](O)[C@@H]1O. The van der Waals surface area contributed by atoms with Crippen molar-refractivity contribution in [3.8, 4) is 11.5 Å². The van der Waals surface area contributed by atoms with Crippen molar-refractivity contribution in [1.29, 1.82) is 0 Å². The molecule has 4 aromatic rings. The summed E-state index contributed by atoms with van der Waals surface area (Å²) in [4.78, 5) is 28.7. The number of methoxy groups -OCH3 is 2. The third-order valence-corrected chi connectivity index (χ3v) is 6.94. The van der Waals surface area contributed by atoms with Gasteiger partial charge in [-0.05, 0) is 45.0 Å². The molecule has 0 saturated carbocycles. The van der Waals surface area contributed by atoms with Crippen molar-refractivity contribution in [2.75, 3.05) is 19.5 Å². The van der Waals surface area contributed by atoms with Crippen LogP contribution in [0, 0.1) is 6.92 Å². The number of aliphatic hydroxyl groups excluding tert-OH is 2. The van der Waals surface area contributed by atoms with Crippen molar-refractivity contribution < 1.29 is 38.4 Å². The lowest BCUT2D eigenvalue weighted by atomic mass is 9.89. The molecule has 0 bridgehead atoms. The van der Waals surface area contributed by atoms with Gasteiger partial charge in [-0.25, -0.2) is 4.79 Å². The molecule has 0 aliphatic carbocycles. The zero-order chi connectivity index (χ0) is 28.1. The van der Waals surface area contributed by atoms with Gasteiger partial charge in [0.1, 0.15) is 35.3 Å². The zero-order valence-electron chi connectivity index (χ0n) is 22.1. The van der Waals surface area contributed by atoms with E-state index in [9.17, 15) is 19.8 Å². The Morgan fingerprint density at radius 1 is 1.08 bits per heavy atom. The van der Waals surface area contributed by atoms with E-state index in [2.05, 4.69) is 10.3 Å². The number of ether oxygens (including phenoxy) is 4. The lowest BCUT2D eigenvalue weighted by molar-refractivity contribution is -0.306. The first kappa shape index (κ1) is 26.7. The number of benzene rings is 2. The number of carbonyl (C=O) groups is 1. The smallest absolute Gasteiger partial charge is 0.360 e. The van der Waals surface area contributed by atoms with Gasteiger partial charge in [-0.15, -0.1) is 0 Å². The highest BCUT2D eigenvalue weighted by atomic mass is 16.7. The standard InChI is InChI=1S/C28H30N2O9/c1-13-22-15(11-18(26(34)37-22)30-25(33)17-10-14-8-6-7-9-16(14)29-17)12-19(35-4)23(13)38-27-21(32)20(31)24(36-5)28(2,3)39-27/h6-12,20-21,24,27,29,31-32H,1-5H3,(H,30,33)/t20-,21-,24+,27+/m0/s1. The molecule has 4 N–H and O–H groups in total. The first-order valence-electron chi connectivity index (χ1n) is 12.3. The maximum Gasteiger partial charge on any atom is 0.360 e. The lowest BCUT2D eigenvalue weighted by Gasteiger charge is -2.46. The lowest BCUT2D eigenvalue weighted by Crippen LogP contribution is -2.63. The fraction of sp³-hybridized carbons (Fsp3) is 0.357. The zero-order valence-corrected chi connectivity index (χ0v) is 22.1. The predicted octanol–water partition coefficient (Wildman–Crippen LogP) is 3.09. The molecule has 39 heavy (non-hydrogen) atoms. The van der Waals surface area contributed by atoms with Gasteiger partial charge in [-0.2, -0.15) is 0 Å². The van der Waals surface area contributed by atoms with Gasteiger partial charge in [-0.1, -0.05) is 18.2 Å². The van der Waals surface area contributed by atoms with Crippen molar-refractivity contribution in [3.05, 3.63) is 64.1 Å². The first-order chi connectivity index (χ1) is 18.5. The summed E-state index contributed by atoms with van der Waals surface area (Å²) in [5.74, 6) is -0.0786. The predicted molar refractivity (Wildman–Crippen MR) is 142 cm³/mol. The molecule has 11 heteroatoms. The molecule has 11 nitrogen and oxygen atoms in total. The maximum atomic E-state index is 12.9. The van der Waals surface area contributed by atoms with Gasteiger partial charge >= 0.3 is 5.63 Å². The maximum absolute atomic E-state index is 12.9. The molecule has 2 aromatic carbocycles. The van der Waals surface area contributed by atoms with Gasteiger partial charge in [0.2, 0.25) is 6.29 Å². The van der Waals surface area contributed by atoms with Crippen LogP contribution in [0.1, 0.15) is 29.9 Å². The summed E-state index contributed by atoms with van der Waals surface area (Å²) >= 11 is 0. The number of aryl methyl sites for hydroxylation is 1. The molecule has 5 rings (SSSR count). The molecule has 206 valence electrons. The largest absolute Gasteiger partial charge is 0.493 e. The van der Waals surface area contributed by atoms with Gasteiger partial charge in [0, 0.05) is 29.0 Å². The molecule has 1 saturated heterocycles. The van der Waals surface area contributed by atoms with Crippen molar-refractivity contribution in [3.63, 3.8) is 0 Å². The molecule has 0 unspecified atom stereocenters. The van der Waals surface area contributed by atoms with E-state index in [-0.39, 0.29) is 22.8 Å². The van der Waals surface area contributed by atoms with Crippen LogP contribution in [0.4, 0.5) is 5.69 Å². The summed E-state index contributed by atoms with van der Waals surface area (Å²) in [6, 6.07) is 12.2. The van der Waals surface area contributed by atoms with Gasteiger partial charge in [0.15, 0.2) is 11.5 Å². The molecule has 1 aliphatic rings. The van der Waals surface area contributed by atoms with Gasteiger partial charge in [0.25, 0.3) is 5.91 Å². The summed E-state index contributed by atoms with van der Waals surface area (Å²) in [5.41, 5.74) is -0.128. The fourth-order valence-electron chi connectivity index (χ4n) is 4.97. The van der Waals surface area contributed by atoms with Crippen LogP contribution in [0.25, 0.3) is 21.9 Å². The Morgan fingerprint density at radius 2 is 1.82 bits per heavy atom. The number of aromatic amines is 1. The van der Waals surface area contributed by atoms with Gasteiger partial charge < -0.3 is 43.9 Å². The van der Waals surface area contributed by atoms with Crippen molar-refractivity contribution in [2.24, 2.45) is 0 Å². The number of amides is 1. The molecular weight excluding hydrogens is 508 g/mol. The number of nitrogens with one attached hydrogen (secondary N) is 2. The topological polar surface area (TPSA) is 152 Å². The van der Waals surface area contributed by atoms with E-state index in [1.165, 1.54) is 20.3 Å². The summed E-state index contributed by atoms with van der Waals surface area (Å²) in [6.07, 6.45) is -4.77. The van der Waals surface area contributed by atoms with Gasteiger partial charge in [-0.3, -0.25) is 4.79 Å². The summed E-state index contributed by atoms with van der Waals surface area (Å²) < 4.78 is 28.3. The number of anilines is 1. The van der Waals surface area contributed by atoms with Gasteiger partial charge in [0.05, 0.1) is 12.7 Å². The molecule has 1 aliphatic heterocycles. The highest BCUT2D eigenvalue weighted by Gasteiger charge is 2.50. The van der Waals surface area contributed by atoms with E-state index in [1.54, 1.807) is 32.9 Å². The third kappa shape index (κ3) is 4.74. The molecule has 4 atom stereocenters. The molecule has 0 spiro atoms. The normalized spacial score (nSPS) is 22.6. The van der Waals surface area contributed by atoms with Crippen LogP contribution in [0.15, 0.2) is 51.7 Å². The summed E-state index contributed by atoms with van der Waals surface area (Å²) in [7, 11) is 2.85. The highest BCUT2D eigenvalue weighted by Crippen LogP contribution is 2.40. The molecule has 0 radical (unpaired) electrons. The first-order valence-corrected chi connectivity index (χ1v) is 12.3. The molecular formula is C28H30N2O9. The third-order valence-electron chi connectivity index (χ3n) is 6.94. The van der Waals surface area contributed by atoms with Crippen LogP contribution in [0.2, 0.25) is 0 Å². The minimum atomic E-state index is -1.43. The van der Waals surface area contributed by atoms with E-state index in [4.69, 9.17) is 23.4 Å². The molecule has 3 heterocycles.